The summed E-state index contributed by atoms with van der Waals surface area (Å²) >= 11 is 0. The van der Waals surface area contributed by atoms with E-state index in [1.165, 1.54) is 0 Å². The van der Waals surface area contributed by atoms with Gasteiger partial charge in [0.25, 0.3) is 5.92 Å². The number of halogens is 2. The van der Waals surface area contributed by atoms with E-state index in [-0.39, 0.29) is 12.8 Å². The highest BCUT2D eigenvalue weighted by Gasteiger charge is 2.55. The number of aromatic nitrogens is 1. The van der Waals surface area contributed by atoms with Crippen LogP contribution in [0.25, 0.3) is 0 Å². The van der Waals surface area contributed by atoms with Gasteiger partial charge in [0.05, 0.1) is 11.2 Å². The molecular formula is C12H16F2N2. The van der Waals surface area contributed by atoms with Crippen molar-refractivity contribution in [1.82, 2.24) is 4.98 Å². The van der Waals surface area contributed by atoms with Gasteiger partial charge in [-0.1, -0.05) is 19.9 Å². The quantitative estimate of drug-likeness (QED) is 0.842. The van der Waals surface area contributed by atoms with Crippen LogP contribution in [-0.2, 0) is 5.54 Å². The molecular weight excluding hydrogens is 210 g/mol. The van der Waals surface area contributed by atoms with Gasteiger partial charge in [0.15, 0.2) is 0 Å². The molecule has 0 saturated heterocycles. The zero-order chi connectivity index (χ0) is 12.0. The molecule has 0 aliphatic heterocycles. The van der Waals surface area contributed by atoms with Crippen molar-refractivity contribution in [3.8, 4) is 0 Å². The molecule has 0 bridgehead atoms. The molecule has 1 fully saturated rings. The summed E-state index contributed by atoms with van der Waals surface area (Å²) in [6, 6.07) is 3.68. The molecule has 1 aromatic rings. The Balaban J connectivity index is 2.17. The van der Waals surface area contributed by atoms with Gasteiger partial charge in [-0.05, 0) is 17.5 Å². The first-order valence-electron chi connectivity index (χ1n) is 5.46. The van der Waals surface area contributed by atoms with E-state index in [2.05, 4.69) is 18.8 Å². The number of hydrogen-bond acceptors (Lipinski definition) is 2. The Morgan fingerprint density at radius 2 is 1.94 bits per heavy atom. The maximum Gasteiger partial charge on any atom is 0.252 e. The van der Waals surface area contributed by atoms with Crippen molar-refractivity contribution in [2.45, 2.75) is 44.1 Å². The Labute approximate surface area is 93.9 Å². The monoisotopic (exact) mass is 226 g/mol. The lowest BCUT2D eigenvalue weighted by molar-refractivity contribution is -0.126. The predicted octanol–water partition coefficient (Wildman–Crippen LogP) is 2.79. The van der Waals surface area contributed by atoms with Crippen LogP contribution in [0.5, 0.6) is 0 Å². The minimum Gasteiger partial charge on any atom is -0.320 e. The molecule has 88 valence electrons. The Hall–Kier alpha value is -1.03. The minimum atomic E-state index is -2.62. The van der Waals surface area contributed by atoms with Crippen LogP contribution in [0.2, 0.25) is 0 Å². The SMILES string of the molecule is CC(C)c1ccc(C2(N)CC(F)(F)C2)nc1. The van der Waals surface area contributed by atoms with Gasteiger partial charge in [-0.15, -0.1) is 0 Å². The second kappa shape index (κ2) is 3.48. The van der Waals surface area contributed by atoms with Crippen molar-refractivity contribution in [2.75, 3.05) is 0 Å². The molecule has 1 aliphatic carbocycles. The summed E-state index contributed by atoms with van der Waals surface area (Å²) in [6.45, 7) is 4.12. The zero-order valence-electron chi connectivity index (χ0n) is 9.50. The number of nitrogens with zero attached hydrogens (tertiary/aromatic N) is 1. The largest absolute Gasteiger partial charge is 0.320 e. The number of nitrogens with two attached hydrogens (primary N) is 1. The van der Waals surface area contributed by atoms with Crippen molar-refractivity contribution in [2.24, 2.45) is 5.73 Å². The molecule has 0 radical (unpaired) electrons. The van der Waals surface area contributed by atoms with E-state index >= 15 is 0 Å². The molecule has 1 heterocycles. The number of rotatable bonds is 2. The fourth-order valence-electron chi connectivity index (χ4n) is 2.09. The first-order valence-corrected chi connectivity index (χ1v) is 5.46. The van der Waals surface area contributed by atoms with Gasteiger partial charge in [0.1, 0.15) is 0 Å². The van der Waals surface area contributed by atoms with E-state index in [0.717, 1.165) is 5.56 Å². The summed E-state index contributed by atoms with van der Waals surface area (Å²) in [5, 5.41) is 0. The maximum atomic E-state index is 12.8. The predicted molar refractivity (Wildman–Crippen MR) is 58.4 cm³/mol. The number of hydrogen-bond donors (Lipinski definition) is 1. The normalized spacial score (nSPS) is 21.9. The van der Waals surface area contributed by atoms with Gasteiger partial charge in [-0.25, -0.2) is 8.78 Å². The van der Waals surface area contributed by atoms with Crippen molar-refractivity contribution in [1.29, 1.82) is 0 Å². The summed E-state index contributed by atoms with van der Waals surface area (Å²) < 4.78 is 25.6. The Morgan fingerprint density at radius 3 is 2.31 bits per heavy atom. The van der Waals surface area contributed by atoms with Crippen molar-refractivity contribution < 1.29 is 8.78 Å². The van der Waals surface area contributed by atoms with Crippen molar-refractivity contribution >= 4 is 0 Å². The van der Waals surface area contributed by atoms with Crippen LogP contribution >= 0.6 is 0 Å². The Kier molecular flexibility index (Phi) is 2.49. The standard InChI is InChI=1S/C12H16F2N2/c1-8(2)9-3-4-10(16-5-9)11(15)6-12(13,14)7-11/h3-5,8H,6-7,15H2,1-2H3. The minimum absolute atomic E-state index is 0.298. The highest BCUT2D eigenvalue weighted by atomic mass is 19.3. The molecule has 0 aromatic carbocycles. The average Bonchev–Trinajstić information content (AvgIpc) is 2.14. The third-order valence-electron chi connectivity index (χ3n) is 3.11. The average molecular weight is 226 g/mol. The molecule has 0 amide bonds. The summed E-state index contributed by atoms with van der Waals surface area (Å²) in [5.74, 6) is -2.23. The van der Waals surface area contributed by atoms with Crippen LogP contribution in [0.3, 0.4) is 0 Å². The van der Waals surface area contributed by atoms with E-state index in [0.29, 0.717) is 11.6 Å². The van der Waals surface area contributed by atoms with E-state index in [1.807, 2.05) is 6.07 Å². The second-order valence-electron chi connectivity index (χ2n) is 5.00. The van der Waals surface area contributed by atoms with E-state index in [9.17, 15) is 8.78 Å². The van der Waals surface area contributed by atoms with Gasteiger partial charge in [0.2, 0.25) is 0 Å². The van der Waals surface area contributed by atoms with Gasteiger partial charge in [-0.2, -0.15) is 0 Å². The highest BCUT2D eigenvalue weighted by Crippen LogP contribution is 2.49. The molecule has 2 nitrogen and oxygen atoms in total. The summed E-state index contributed by atoms with van der Waals surface area (Å²) in [4.78, 5) is 4.20. The molecule has 1 aliphatic rings. The fraction of sp³-hybridized carbons (Fsp3) is 0.583. The van der Waals surface area contributed by atoms with Crippen molar-refractivity contribution in [3.63, 3.8) is 0 Å². The van der Waals surface area contributed by atoms with Crippen LogP contribution in [0.4, 0.5) is 8.78 Å². The molecule has 2 N–H and O–H groups in total. The third kappa shape index (κ3) is 1.94. The fourth-order valence-corrected chi connectivity index (χ4v) is 2.09. The molecule has 1 saturated carbocycles. The van der Waals surface area contributed by atoms with Crippen LogP contribution in [0, 0.1) is 0 Å². The van der Waals surface area contributed by atoms with Crippen LogP contribution in [0.15, 0.2) is 18.3 Å². The molecule has 2 rings (SSSR count). The van der Waals surface area contributed by atoms with E-state index < -0.39 is 11.5 Å². The summed E-state index contributed by atoms with van der Waals surface area (Å²) in [7, 11) is 0. The van der Waals surface area contributed by atoms with Gasteiger partial charge in [-0.3, -0.25) is 4.98 Å². The van der Waals surface area contributed by atoms with Crippen LogP contribution in [0.1, 0.15) is 43.9 Å². The van der Waals surface area contributed by atoms with E-state index in [1.54, 1.807) is 12.3 Å². The van der Waals surface area contributed by atoms with Crippen LogP contribution < -0.4 is 5.73 Å². The number of alkyl halides is 2. The third-order valence-corrected chi connectivity index (χ3v) is 3.11. The second-order valence-corrected chi connectivity index (χ2v) is 5.00. The smallest absolute Gasteiger partial charge is 0.252 e. The highest BCUT2D eigenvalue weighted by molar-refractivity contribution is 5.25. The maximum absolute atomic E-state index is 12.8. The molecule has 0 atom stereocenters. The van der Waals surface area contributed by atoms with Gasteiger partial charge < -0.3 is 5.73 Å². The lowest BCUT2D eigenvalue weighted by atomic mass is 9.72. The molecule has 16 heavy (non-hydrogen) atoms. The lowest BCUT2D eigenvalue weighted by Crippen LogP contribution is -2.55. The molecule has 0 unspecified atom stereocenters. The van der Waals surface area contributed by atoms with Crippen molar-refractivity contribution in [3.05, 3.63) is 29.6 Å². The Bertz CT molecular complexity index is 377. The first-order chi connectivity index (χ1) is 7.32. The molecule has 4 heteroatoms. The zero-order valence-corrected chi connectivity index (χ0v) is 9.50. The summed E-state index contributed by atoms with van der Waals surface area (Å²) in [6.07, 6.45) is 1.13. The van der Waals surface area contributed by atoms with Gasteiger partial charge >= 0.3 is 0 Å². The topological polar surface area (TPSA) is 38.9 Å². The van der Waals surface area contributed by atoms with Crippen LogP contribution in [-0.4, -0.2) is 10.9 Å². The summed E-state index contributed by atoms with van der Waals surface area (Å²) in [5.41, 5.74) is 6.62. The number of pyridine rings is 1. The first kappa shape index (κ1) is 11.5. The molecule has 0 spiro atoms. The Morgan fingerprint density at radius 1 is 1.31 bits per heavy atom. The lowest BCUT2D eigenvalue weighted by Gasteiger charge is -2.43. The van der Waals surface area contributed by atoms with Gasteiger partial charge in [0, 0.05) is 19.0 Å². The van der Waals surface area contributed by atoms with E-state index in [4.69, 9.17) is 5.73 Å². The molecule has 1 aromatic heterocycles.